The summed E-state index contributed by atoms with van der Waals surface area (Å²) in [7, 11) is 2.00. The second-order valence-corrected chi connectivity index (χ2v) is 7.18. The van der Waals surface area contributed by atoms with Gasteiger partial charge >= 0.3 is 0 Å². The van der Waals surface area contributed by atoms with Crippen molar-refractivity contribution < 1.29 is 4.79 Å². The summed E-state index contributed by atoms with van der Waals surface area (Å²) in [6, 6.07) is 10.1. The van der Waals surface area contributed by atoms with Gasteiger partial charge in [-0.3, -0.25) is 9.78 Å². The molecule has 0 radical (unpaired) electrons. The van der Waals surface area contributed by atoms with Crippen LogP contribution in [0.3, 0.4) is 0 Å². The van der Waals surface area contributed by atoms with Crippen LogP contribution in [-0.4, -0.2) is 42.5 Å². The molecule has 1 saturated carbocycles. The van der Waals surface area contributed by atoms with Gasteiger partial charge in [0.1, 0.15) is 0 Å². The molecule has 2 aliphatic rings. The zero-order valence-corrected chi connectivity index (χ0v) is 14.3. The molecule has 126 valence electrons. The third-order valence-electron chi connectivity index (χ3n) is 5.36. The van der Waals surface area contributed by atoms with E-state index in [9.17, 15) is 4.79 Å². The van der Waals surface area contributed by atoms with Gasteiger partial charge in [0.2, 0.25) is 0 Å². The Labute approximate surface area is 143 Å². The second kappa shape index (κ2) is 6.52. The number of amides is 1. The van der Waals surface area contributed by atoms with Gasteiger partial charge in [-0.2, -0.15) is 0 Å². The van der Waals surface area contributed by atoms with Gasteiger partial charge in [0.05, 0.1) is 11.1 Å². The van der Waals surface area contributed by atoms with E-state index in [1.807, 2.05) is 36.2 Å². The number of benzene rings is 1. The maximum Gasteiger partial charge on any atom is 0.254 e. The molecule has 4 nitrogen and oxygen atoms in total. The lowest BCUT2D eigenvalue weighted by Gasteiger charge is -2.32. The lowest BCUT2D eigenvalue weighted by molar-refractivity contribution is 0.0692. The molecule has 1 aliphatic carbocycles. The molecule has 0 atom stereocenters. The summed E-state index contributed by atoms with van der Waals surface area (Å²) in [5.41, 5.74) is 2.90. The summed E-state index contributed by atoms with van der Waals surface area (Å²) in [4.78, 5) is 20.0. The number of rotatable bonds is 4. The molecular formula is C20H25N3O. The van der Waals surface area contributed by atoms with Crippen LogP contribution >= 0.6 is 0 Å². The first-order chi connectivity index (χ1) is 11.8. The topological polar surface area (TPSA) is 45.2 Å². The Kier molecular flexibility index (Phi) is 4.23. The van der Waals surface area contributed by atoms with Gasteiger partial charge in [-0.15, -0.1) is 0 Å². The van der Waals surface area contributed by atoms with Crippen molar-refractivity contribution in [2.75, 3.05) is 26.7 Å². The van der Waals surface area contributed by atoms with Crippen LogP contribution in [0.1, 0.15) is 47.7 Å². The SMILES string of the molecule is CNCC1CCN(C(=O)c2cc(C3CC3)nc3ccccc23)CC1. The molecule has 1 aliphatic heterocycles. The van der Waals surface area contributed by atoms with E-state index in [0.29, 0.717) is 11.8 Å². The van der Waals surface area contributed by atoms with Crippen molar-refractivity contribution in [3.05, 3.63) is 41.6 Å². The monoisotopic (exact) mass is 323 g/mol. The zero-order chi connectivity index (χ0) is 16.5. The van der Waals surface area contributed by atoms with Crippen LogP contribution in [0, 0.1) is 5.92 Å². The van der Waals surface area contributed by atoms with Gasteiger partial charge in [-0.1, -0.05) is 18.2 Å². The molecular weight excluding hydrogens is 298 g/mol. The largest absolute Gasteiger partial charge is 0.339 e. The molecule has 2 heterocycles. The van der Waals surface area contributed by atoms with Crippen LogP contribution in [0.4, 0.5) is 0 Å². The number of piperidine rings is 1. The maximum atomic E-state index is 13.2. The number of pyridine rings is 1. The van der Waals surface area contributed by atoms with E-state index in [-0.39, 0.29) is 5.91 Å². The van der Waals surface area contributed by atoms with Gasteiger partial charge in [0, 0.05) is 30.1 Å². The second-order valence-electron chi connectivity index (χ2n) is 7.18. The molecule has 1 amide bonds. The van der Waals surface area contributed by atoms with Crippen LogP contribution in [0.15, 0.2) is 30.3 Å². The van der Waals surface area contributed by atoms with Crippen molar-refractivity contribution in [3.8, 4) is 0 Å². The molecule has 1 saturated heterocycles. The fraction of sp³-hybridized carbons (Fsp3) is 0.500. The van der Waals surface area contributed by atoms with E-state index in [4.69, 9.17) is 4.98 Å². The van der Waals surface area contributed by atoms with Crippen LogP contribution in [-0.2, 0) is 0 Å². The summed E-state index contributed by atoms with van der Waals surface area (Å²) in [6.07, 6.45) is 4.58. The predicted molar refractivity (Wildman–Crippen MR) is 96.3 cm³/mol. The highest BCUT2D eigenvalue weighted by atomic mass is 16.2. The zero-order valence-electron chi connectivity index (χ0n) is 14.3. The number of carbonyl (C=O) groups is 1. The molecule has 4 heteroatoms. The Morgan fingerprint density at radius 1 is 1.21 bits per heavy atom. The Bertz CT molecular complexity index is 746. The fourth-order valence-electron chi connectivity index (χ4n) is 3.76. The summed E-state index contributed by atoms with van der Waals surface area (Å²) in [6.45, 7) is 2.77. The van der Waals surface area contributed by atoms with E-state index in [0.717, 1.165) is 54.6 Å². The summed E-state index contributed by atoms with van der Waals surface area (Å²) >= 11 is 0. The molecule has 1 aromatic heterocycles. The molecule has 0 unspecified atom stereocenters. The van der Waals surface area contributed by atoms with Gasteiger partial charge in [0.25, 0.3) is 5.91 Å². The van der Waals surface area contributed by atoms with Crippen LogP contribution < -0.4 is 5.32 Å². The van der Waals surface area contributed by atoms with Gasteiger partial charge in [-0.05, 0) is 57.3 Å². The number of para-hydroxylation sites is 1. The number of likely N-dealkylation sites (tertiary alicyclic amines) is 1. The normalized spacial score (nSPS) is 19.0. The molecule has 0 spiro atoms. The van der Waals surface area contributed by atoms with E-state index in [1.54, 1.807) is 0 Å². The third-order valence-corrected chi connectivity index (χ3v) is 5.36. The minimum absolute atomic E-state index is 0.179. The first-order valence-corrected chi connectivity index (χ1v) is 9.10. The van der Waals surface area contributed by atoms with Crippen LogP contribution in [0.2, 0.25) is 0 Å². The molecule has 24 heavy (non-hydrogen) atoms. The van der Waals surface area contributed by atoms with E-state index in [1.165, 1.54) is 12.8 Å². The minimum Gasteiger partial charge on any atom is -0.339 e. The van der Waals surface area contributed by atoms with Crippen molar-refractivity contribution in [2.45, 2.75) is 31.6 Å². The van der Waals surface area contributed by atoms with E-state index < -0.39 is 0 Å². The smallest absolute Gasteiger partial charge is 0.254 e. The molecule has 1 aromatic carbocycles. The highest BCUT2D eigenvalue weighted by molar-refractivity contribution is 6.06. The highest BCUT2D eigenvalue weighted by Crippen LogP contribution is 2.40. The molecule has 4 rings (SSSR count). The molecule has 2 aromatic rings. The Hall–Kier alpha value is -1.94. The first-order valence-electron chi connectivity index (χ1n) is 9.10. The lowest BCUT2D eigenvalue weighted by Crippen LogP contribution is -2.40. The van der Waals surface area contributed by atoms with Crippen molar-refractivity contribution >= 4 is 16.8 Å². The van der Waals surface area contributed by atoms with Gasteiger partial charge in [0.15, 0.2) is 0 Å². The number of nitrogens with zero attached hydrogens (tertiary/aromatic N) is 2. The number of nitrogens with one attached hydrogen (secondary N) is 1. The number of hydrogen-bond donors (Lipinski definition) is 1. The summed E-state index contributed by atoms with van der Waals surface area (Å²) in [5, 5.41) is 4.24. The van der Waals surface area contributed by atoms with E-state index in [2.05, 4.69) is 11.4 Å². The highest BCUT2D eigenvalue weighted by Gasteiger charge is 2.29. The standard InChI is InChI=1S/C20H25N3O/c1-21-13-14-8-10-23(11-9-14)20(24)17-12-19(15-6-7-15)22-18-5-3-2-4-16(17)18/h2-5,12,14-15,21H,6-11,13H2,1H3. The molecule has 2 fully saturated rings. The third kappa shape index (κ3) is 3.03. The number of hydrogen-bond acceptors (Lipinski definition) is 3. The molecule has 1 N–H and O–H groups in total. The number of fused-ring (bicyclic) bond motifs is 1. The van der Waals surface area contributed by atoms with Gasteiger partial charge in [-0.25, -0.2) is 0 Å². The van der Waals surface area contributed by atoms with Crippen molar-refractivity contribution in [1.82, 2.24) is 15.2 Å². The Morgan fingerprint density at radius 2 is 1.96 bits per heavy atom. The lowest BCUT2D eigenvalue weighted by atomic mass is 9.96. The quantitative estimate of drug-likeness (QED) is 0.940. The average molecular weight is 323 g/mol. The number of aromatic nitrogens is 1. The van der Waals surface area contributed by atoms with E-state index >= 15 is 0 Å². The Balaban J connectivity index is 1.62. The Morgan fingerprint density at radius 3 is 2.67 bits per heavy atom. The first kappa shape index (κ1) is 15.6. The predicted octanol–water partition coefficient (Wildman–Crippen LogP) is 3.18. The summed E-state index contributed by atoms with van der Waals surface area (Å²) < 4.78 is 0. The average Bonchev–Trinajstić information content (AvgIpc) is 3.46. The fourth-order valence-corrected chi connectivity index (χ4v) is 3.76. The van der Waals surface area contributed by atoms with Crippen LogP contribution in [0.5, 0.6) is 0 Å². The minimum atomic E-state index is 0.179. The molecule has 0 bridgehead atoms. The maximum absolute atomic E-state index is 13.2. The van der Waals surface area contributed by atoms with Crippen molar-refractivity contribution in [2.24, 2.45) is 5.92 Å². The van der Waals surface area contributed by atoms with Crippen molar-refractivity contribution in [3.63, 3.8) is 0 Å². The van der Waals surface area contributed by atoms with Crippen LogP contribution in [0.25, 0.3) is 10.9 Å². The number of carbonyl (C=O) groups excluding carboxylic acids is 1. The van der Waals surface area contributed by atoms with Crippen molar-refractivity contribution in [1.29, 1.82) is 0 Å². The van der Waals surface area contributed by atoms with Gasteiger partial charge < -0.3 is 10.2 Å². The summed E-state index contributed by atoms with van der Waals surface area (Å²) in [5.74, 6) is 1.43.